The van der Waals surface area contributed by atoms with Crippen molar-refractivity contribution < 1.29 is 9.84 Å². The Hall–Kier alpha value is -0.0800. The zero-order chi connectivity index (χ0) is 7.28. The van der Waals surface area contributed by atoms with Crippen molar-refractivity contribution in [2.75, 3.05) is 6.61 Å². The molecule has 0 bridgehead atoms. The van der Waals surface area contributed by atoms with Crippen LogP contribution in [0.1, 0.15) is 27.2 Å². The van der Waals surface area contributed by atoms with Gasteiger partial charge < -0.3 is 9.84 Å². The second kappa shape index (κ2) is 4.77. The molecule has 2 atom stereocenters. The highest BCUT2D eigenvalue weighted by atomic mass is 16.5. The maximum absolute atomic E-state index is 9.13. The van der Waals surface area contributed by atoms with Crippen LogP contribution in [0.5, 0.6) is 0 Å². The Kier molecular flexibility index (Phi) is 4.72. The molecular formula is C7H16O2. The lowest BCUT2D eigenvalue weighted by atomic mass is 10.2. The first-order valence-corrected chi connectivity index (χ1v) is 3.52. The van der Waals surface area contributed by atoms with Gasteiger partial charge in [0.25, 0.3) is 0 Å². The summed E-state index contributed by atoms with van der Waals surface area (Å²) >= 11 is 0. The van der Waals surface area contributed by atoms with Gasteiger partial charge in [-0.15, -0.1) is 0 Å². The number of hydrogen-bond donors (Lipinski definition) is 1. The summed E-state index contributed by atoms with van der Waals surface area (Å²) < 4.78 is 5.14. The van der Waals surface area contributed by atoms with E-state index in [-0.39, 0.29) is 12.2 Å². The topological polar surface area (TPSA) is 29.5 Å². The minimum absolute atomic E-state index is 0.0139. The van der Waals surface area contributed by atoms with Crippen molar-refractivity contribution in [2.45, 2.75) is 39.4 Å². The van der Waals surface area contributed by atoms with Crippen molar-refractivity contribution >= 4 is 0 Å². The van der Waals surface area contributed by atoms with Crippen LogP contribution < -0.4 is 0 Å². The smallest absolute Gasteiger partial charge is 0.0805 e. The highest BCUT2D eigenvalue weighted by molar-refractivity contribution is 4.60. The average Bonchev–Trinajstić information content (AvgIpc) is 1.87. The molecule has 0 amide bonds. The zero-order valence-corrected chi connectivity index (χ0v) is 6.42. The molecule has 1 unspecified atom stereocenters. The van der Waals surface area contributed by atoms with Crippen molar-refractivity contribution in [1.82, 2.24) is 0 Å². The number of aliphatic hydroxyl groups excluding tert-OH is 1. The van der Waals surface area contributed by atoms with Crippen LogP contribution >= 0.6 is 0 Å². The van der Waals surface area contributed by atoms with Gasteiger partial charge in [0.15, 0.2) is 0 Å². The Balaban J connectivity index is 3.32. The van der Waals surface area contributed by atoms with Gasteiger partial charge in [0, 0.05) is 6.61 Å². The molecule has 0 aliphatic carbocycles. The second-order valence-electron chi connectivity index (χ2n) is 2.14. The SMILES string of the molecule is CCOC(C)[C@@H](O)CC. The molecule has 9 heavy (non-hydrogen) atoms. The molecule has 0 aromatic carbocycles. The summed E-state index contributed by atoms with van der Waals surface area (Å²) in [6.07, 6.45) is 0.450. The summed E-state index contributed by atoms with van der Waals surface area (Å²) in [6.45, 7) is 6.44. The van der Waals surface area contributed by atoms with E-state index in [1.807, 2.05) is 20.8 Å². The summed E-state index contributed by atoms with van der Waals surface area (Å²) in [5, 5.41) is 9.13. The predicted molar refractivity (Wildman–Crippen MR) is 37.4 cm³/mol. The Bertz CT molecular complexity index is 63.9. The molecular weight excluding hydrogens is 116 g/mol. The highest BCUT2D eigenvalue weighted by Gasteiger charge is 2.10. The van der Waals surface area contributed by atoms with Crippen LogP contribution in [0.25, 0.3) is 0 Å². The molecule has 0 fully saturated rings. The predicted octanol–water partition coefficient (Wildman–Crippen LogP) is 1.18. The molecule has 0 heterocycles. The Labute approximate surface area is 56.8 Å². The molecule has 0 aromatic heterocycles. The van der Waals surface area contributed by atoms with Crippen molar-refractivity contribution in [3.63, 3.8) is 0 Å². The number of aliphatic hydroxyl groups is 1. The lowest BCUT2D eigenvalue weighted by Gasteiger charge is -2.16. The number of ether oxygens (including phenoxy) is 1. The van der Waals surface area contributed by atoms with Crippen LogP contribution in [0.2, 0.25) is 0 Å². The molecule has 0 aliphatic rings. The van der Waals surface area contributed by atoms with Gasteiger partial charge in [0.05, 0.1) is 12.2 Å². The molecule has 0 spiro atoms. The highest BCUT2D eigenvalue weighted by Crippen LogP contribution is 2.01. The molecule has 0 radical (unpaired) electrons. The minimum atomic E-state index is -0.301. The van der Waals surface area contributed by atoms with E-state index in [0.717, 1.165) is 6.42 Å². The van der Waals surface area contributed by atoms with Gasteiger partial charge >= 0.3 is 0 Å². The van der Waals surface area contributed by atoms with Gasteiger partial charge in [-0.25, -0.2) is 0 Å². The van der Waals surface area contributed by atoms with Crippen molar-refractivity contribution in [1.29, 1.82) is 0 Å². The Morgan fingerprint density at radius 2 is 2.00 bits per heavy atom. The normalized spacial score (nSPS) is 17.3. The van der Waals surface area contributed by atoms with Gasteiger partial charge in [0.2, 0.25) is 0 Å². The van der Waals surface area contributed by atoms with Crippen LogP contribution in [0.15, 0.2) is 0 Å². The van der Waals surface area contributed by atoms with Gasteiger partial charge in [0.1, 0.15) is 0 Å². The van der Waals surface area contributed by atoms with E-state index in [1.165, 1.54) is 0 Å². The zero-order valence-electron chi connectivity index (χ0n) is 6.42. The number of rotatable bonds is 4. The molecule has 0 rings (SSSR count). The van der Waals surface area contributed by atoms with E-state index in [1.54, 1.807) is 0 Å². The van der Waals surface area contributed by atoms with Crippen molar-refractivity contribution in [3.05, 3.63) is 0 Å². The fourth-order valence-corrected chi connectivity index (χ4v) is 0.706. The van der Waals surface area contributed by atoms with Crippen LogP contribution in [0.4, 0.5) is 0 Å². The van der Waals surface area contributed by atoms with Crippen molar-refractivity contribution in [2.24, 2.45) is 0 Å². The largest absolute Gasteiger partial charge is 0.390 e. The Morgan fingerprint density at radius 3 is 2.33 bits per heavy atom. The van der Waals surface area contributed by atoms with E-state index < -0.39 is 0 Å². The molecule has 56 valence electrons. The minimum Gasteiger partial charge on any atom is -0.390 e. The summed E-state index contributed by atoms with van der Waals surface area (Å²) in [5.41, 5.74) is 0. The first kappa shape index (κ1) is 8.92. The van der Waals surface area contributed by atoms with Crippen molar-refractivity contribution in [3.8, 4) is 0 Å². The molecule has 2 nitrogen and oxygen atoms in total. The van der Waals surface area contributed by atoms with Crippen LogP contribution in [-0.2, 0) is 4.74 Å². The maximum Gasteiger partial charge on any atom is 0.0805 e. The van der Waals surface area contributed by atoms with Gasteiger partial charge in [-0.05, 0) is 20.3 Å². The second-order valence-corrected chi connectivity index (χ2v) is 2.14. The number of hydrogen-bond acceptors (Lipinski definition) is 2. The maximum atomic E-state index is 9.13. The van der Waals surface area contributed by atoms with Crippen LogP contribution in [0, 0.1) is 0 Å². The molecule has 0 saturated carbocycles. The summed E-state index contributed by atoms with van der Waals surface area (Å²) in [7, 11) is 0. The van der Waals surface area contributed by atoms with E-state index in [2.05, 4.69) is 0 Å². The third kappa shape index (κ3) is 3.49. The third-order valence-corrected chi connectivity index (χ3v) is 1.39. The molecule has 0 saturated heterocycles. The van der Waals surface area contributed by atoms with Gasteiger partial charge in [-0.2, -0.15) is 0 Å². The van der Waals surface area contributed by atoms with Gasteiger partial charge in [-0.1, -0.05) is 6.92 Å². The van der Waals surface area contributed by atoms with E-state index in [9.17, 15) is 0 Å². The quantitative estimate of drug-likeness (QED) is 0.622. The van der Waals surface area contributed by atoms with Crippen LogP contribution in [-0.4, -0.2) is 23.9 Å². The third-order valence-electron chi connectivity index (χ3n) is 1.39. The van der Waals surface area contributed by atoms with E-state index in [0.29, 0.717) is 6.61 Å². The lowest BCUT2D eigenvalue weighted by molar-refractivity contribution is -0.0225. The fraction of sp³-hybridized carbons (Fsp3) is 1.00. The summed E-state index contributed by atoms with van der Waals surface area (Å²) in [4.78, 5) is 0. The molecule has 0 aromatic rings. The average molecular weight is 132 g/mol. The van der Waals surface area contributed by atoms with E-state index >= 15 is 0 Å². The summed E-state index contributed by atoms with van der Waals surface area (Å²) in [5.74, 6) is 0. The Morgan fingerprint density at radius 1 is 1.44 bits per heavy atom. The first-order chi connectivity index (χ1) is 4.22. The molecule has 0 aliphatic heterocycles. The van der Waals surface area contributed by atoms with E-state index in [4.69, 9.17) is 9.84 Å². The molecule has 1 N–H and O–H groups in total. The first-order valence-electron chi connectivity index (χ1n) is 3.52. The standard InChI is InChI=1S/C7H16O2/c1-4-7(8)6(3)9-5-2/h6-8H,4-5H2,1-3H3/t6?,7-/m0/s1. The van der Waals surface area contributed by atoms with Crippen LogP contribution in [0.3, 0.4) is 0 Å². The summed E-state index contributed by atoms with van der Waals surface area (Å²) in [6, 6.07) is 0. The van der Waals surface area contributed by atoms with Gasteiger partial charge in [-0.3, -0.25) is 0 Å². The lowest BCUT2D eigenvalue weighted by Crippen LogP contribution is -2.24. The molecule has 2 heteroatoms. The fourth-order valence-electron chi connectivity index (χ4n) is 0.706. The monoisotopic (exact) mass is 132 g/mol.